The molecule has 0 saturated heterocycles. The number of allylic oxidation sites excluding steroid dienone is 2. The molecule has 0 fully saturated rings. The van der Waals surface area contributed by atoms with Gasteiger partial charge in [-0.25, -0.2) is 4.79 Å². The summed E-state index contributed by atoms with van der Waals surface area (Å²) in [6, 6.07) is 21.5. The number of nitrogens with one attached hydrogen (secondary N) is 2. The molecular formula is C30H29N3O2S2. The van der Waals surface area contributed by atoms with Crippen LogP contribution >= 0.6 is 23.5 Å². The maximum Gasteiger partial charge on any atom is 0.326 e. The van der Waals surface area contributed by atoms with Gasteiger partial charge in [0.05, 0.1) is 22.7 Å². The van der Waals surface area contributed by atoms with Crippen LogP contribution in [-0.2, 0) is 11.2 Å². The number of carbonyl (C=O) groups excluding carboxylic acids is 2. The van der Waals surface area contributed by atoms with Crippen LogP contribution in [0.4, 0.5) is 21.9 Å². The fraction of sp³-hybridized carbons (Fsp3) is 0.200. The summed E-state index contributed by atoms with van der Waals surface area (Å²) in [6.45, 7) is 4.09. The summed E-state index contributed by atoms with van der Waals surface area (Å²) in [5.41, 5.74) is 4.71. The van der Waals surface area contributed by atoms with Crippen molar-refractivity contribution in [1.29, 1.82) is 0 Å². The Morgan fingerprint density at radius 2 is 1.78 bits per heavy atom. The number of carbonyl (C=O) groups is 2. The largest absolute Gasteiger partial charge is 0.326 e. The fourth-order valence-corrected chi connectivity index (χ4v) is 6.61. The Morgan fingerprint density at radius 3 is 2.65 bits per heavy atom. The molecular weight excluding hydrogens is 498 g/mol. The minimum absolute atomic E-state index is 0.0472. The zero-order valence-electron chi connectivity index (χ0n) is 20.8. The van der Waals surface area contributed by atoms with E-state index in [-0.39, 0.29) is 29.0 Å². The zero-order valence-corrected chi connectivity index (χ0v) is 22.4. The average Bonchev–Trinajstić information content (AvgIpc) is 2.91. The van der Waals surface area contributed by atoms with E-state index in [1.165, 1.54) is 11.8 Å². The number of urea groups is 1. The fourth-order valence-electron chi connectivity index (χ4n) is 4.60. The molecule has 5 rings (SSSR count). The van der Waals surface area contributed by atoms with Crippen LogP contribution in [-0.4, -0.2) is 29.0 Å². The van der Waals surface area contributed by atoms with Crippen LogP contribution in [0.3, 0.4) is 0 Å². The van der Waals surface area contributed by atoms with E-state index < -0.39 is 0 Å². The number of thioether (sulfide) groups is 2. The van der Waals surface area contributed by atoms with Crippen molar-refractivity contribution >= 4 is 52.5 Å². The van der Waals surface area contributed by atoms with E-state index in [0.29, 0.717) is 5.69 Å². The summed E-state index contributed by atoms with van der Waals surface area (Å²) in [5.74, 6) is 0.237. The summed E-state index contributed by atoms with van der Waals surface area (Å²) in [7, 11) is 0. The SMILES string of the molecule is CCc1cccc(C)c1NC(=O)CSc1cccc(NC(=O)N2c3ccccc3SC3C=CC=CC32)c1. The number of anilines is 3. The summed E-state index contributed by atoms with van der Waals surface area (Å²) < 4.78 is 0. The first-order chi connectivity index (χ1) is 18.0. The van der Waals surface area contributed by atoms with Crippen molar-refractivity contribution in [1.82, 2.24) is 0 Å². The Morgan fingerprint density at radius 1 is 0.973 bits per heavy atom. The molecule has 5 nitrogen and oxygen atoms in total. The number of para-hydroxylation sites is 2. The van der Waals surface area contributed by atoms with Crippen molar-refractivity contribution in [2.45, 2.75) is 41.4 Å². The van der Waals surface area contributed by atoms with Gasteiger partial charge in [0.25, 0.3) is 0 Å². The lowest BCUT2D eigenvalue weighted by Gasteiger charge is -2.40. The van der Waals surface area contributed by atoms with E-state index in [9.17, 15) is 9.59 Å². The van der Waals surface area contributed by atoms with Gasteiger partial charge in [-0.15, -0.1) is 23.5 Å². The molecule has 2 aliphatic rings. The van der Waals surface area contributed by atoms with Gasteiger partial charge in [0.15, 0.2) is 0 Å². The molecule has 7 heteroatoms. The normalized spacial score (nSPS) is 17.6. The van der Waals surface area contributed by atoms with Gasteiger partial charge in [0, 0.05) is 21.2 Å². The highest BCUT2D eigenvalue weighted by Gasteiger charge is 2.36. The number of nitrogens with zero attached hydrogens (tertiary/aromatic N) is 1. The summed E-state index contributed by atoms with van der Waals surface area (Å²) in [5, 5.41) is 6.33. The Kier molecular flexibility index (Phi) is 7.72. The number of fused-ring (bicyclic) bond motifs is 2. The third-order valence-electron chi connectivity index (χ3n) is 6.42. The van der Waals surface area contributed by atoms with Crippen molar-refractivity contribution in [2.75, 3.05) is 21.3 Å². The molecule has 188 valence electrons. The lowest BCUT2D eigenvalue weighted by atomic mass is 10.1. The van der Waals surface area contributed by atoms with Gasteiger partial charge in [0.2, 0.25) is 5.91 Å². The molecule has 3 aromatic carbocycles. The number of hydrogen-bond donors (Lipinski definition) is 2. The van der Waals surface area contributed by atoms with Crippen LogP contribution in [0.2, 0.25) is 0 Å². The molecule has 3 aromatic rings. The first kappa shape index (κ1) is 25.2. The van der Waals surface area contributed by atoms with E-state index >= 15 is 0 Å². The number of benzene rings is 3. The lowest BCUT2D eigenvalue weighted by Crippen LogP contribution is -2.49. The monoisotopic (exact) mass is 527 g/mol. The predicted octanol–water partition coefficient (Wildman–Crippen LogP) is 7.30. The highest BCUT2D eigenvalue weighted by molar-refractivity contribution is 8.00. The van der Waals surface area contributed by atoms with Gasteiger partial charge < -0.3 is 10.6 Å². The van der Waals surface area contributed by atoms with E-state index in [4.69, 9.17) is 0 Å². The number of aryl methyl sites for hydroxylation is 2. The molecule has 0 bridgehead atoms. The Hall–Kier alpha value is -3.42. The highest BCUT2D eigenvalue weighted by Crippen LogP contribution is 2.43. The van der Waals surface area contributed by atoms with Crippen LogP contribution in [0.5, 0.6) is 0 Å². The van der Waals surface area contributed by atoms with E-state index in [1.54, 1.807) is 11.8 Å². The number of hydrogen-bond acceptors (Lipinski definition) is 4. The predicted molar refractivity (Wildman–Crippen MR) is 156 cm³/mol. The average molecular weight is 528 g/mol. The summed E-state index contributed by atoms with van der Waals surface area (Å²) in [4.78, 5) is 30.1. The van der Waals surface area contributed by atoms with Crippen molar-refractivity contribution in [2.24, 2.45) is 0 Å². The van der Waals surface area contributed by atoms with E-state index in [0.717, 1.165) is 38.7 Å². The van der Waals surface area contributed by atoms with Gasteiger partial charge in [-0.3, -0.25) is 9.69 Å². The van der Waals surface area contributed by atoms with Gasteiger partial charge in [-0.05, 0) is 54.8 Å². The quantitative estimate of drug-likeness (QED) is 0.330. The van der Waals surface area contributed by atoms with Gasteiger partial charge in [-0.1, -0.05) is 67.6 Å². The first-order valence-corrected chi connectivity index (χ1v) is 14.2. The molecule has 2 N–H and O–H groups in total. The summed E-state index contributed by atoms with van der Waals surface area (Å²) >= 11 is 3.23. The lowest BCUT2D eigenvalue weighted by molar-refractivity contribution is -0.113. The molecule has 37 heavy (non-hydrogen) atoms. The second kappa shape index (κ2) is 11.3. The van der Waals surface area contributed by atoms with Crippen molar-refractivity contribution in [3.63, 3.8) is 0 Å². The Labute approximate surface area is 226 Å². The Balaban J connectivity index is 1.26. The maximum absolute atomic E-state index is 13.5. The van der Waals surface area contributed by atoms with Crippen LogP contribution < -0.4 is 15.5 Å². The highest BCUT2D eigenvalue weighted by atomic mass is 32.2. The second-order valence-corrected chi connectivity index (χ2v) is 11.2. The molecule has 2 unspecified atom stereocenters. The molecule has 3 amide bonds. The maximum atomic E-state index is 13.5. The second-order valence-electron chi connectivity index (χ2n) is 8.94. The Bertz CT molecular complexity index is 1380. The third kappa shape index (κ3) is 5.63. The molecule has 0 spiro atoms. The van der Waals surface area contributed by atoms with Crippen LogP contribution in [0.25, 0.3) is 0 Å². The zero-order chi connectivity index (χ0) is 25.8. The van der Waals surface area contributed by atoms with E-state index in [1.807, 2.05) is 84.6 Å². The molecule has 2 atom stereocenters. The smallest absolute Gasteiger partial charge is 0.325 e. The van der Waals surface area contributed by atoms with Crippen LogP contribution in [0.1, 0.15) is 18.1 Å². The summed E-state index contributed by atoms with van der Waals surface area (Å²) in [6.07, 6.45) is 9.13. The van der Waals surface area contributed by atoms with Gasteiger partial charge in [0.1, 0.15) is 0 Å². The molecule has 1 heterocycles. The molecule has 0 saturated carbocycles. The number of rotatable bonds is 6. The standard InChI is InChI=1S/C30H29N3O2S2/c1-3-21-11-8-10-20(2)29(21)32-28(34)19-36-23-13-9-12-22(18-23)31-30(35)33-24-14-4-6-16-26(24)37-27-17-7-5-15-25(27)33/h4-18,24,26H,3,19H2,1-2H3,(H,31,35)(H,32,34). The van der Waals surface area contributed by atoms with Gasteiger partial charge in [-0.2, -0.15) is 0 Å². The van der Waals surface area contributed by atoms with Crippen LogP contribution in [0.15, 0.2) is 101 Å². The van der Waals surface area contributed by atoms with Crippen molar-refractivity contribution in [3.05, 3.63) is 102 Å². The minimum atomic E-state index is -0.172. The van der Waals surface area contributed by atoms with Gasteiger partial charge >= 0.3 is 6.03 Å². The van der Waals surface area contributed by atoms with Crippen molar-refractivity contribution in [3.8, 4) is 0 Å². The molecule has 0 aromatic heterocycles. The first-order valence-electron chi connectivity index (χ1n) is 12.4. The van der Waals surface area contributed by atoms with Crippen LogP contribution in [0, 0.1) is 6.92 Å². The minimum Gasteiger partial charge on any atom is -0.325 e. The molecule has 1 aliphatic carbocycles. The topological polar surface area (TPSA) is 61.4 Å². The number of amides is 3. The molecule has 1 aliphatic heterocycles. The third-order valence-corrected chi connectivity index (χ3v) is 8.72. The molecule has 0 radical (unpaired) electrons. The van der Waals surface area contributed by atoms with Crippen molar-refractivity contribution < 1.29 is 9.59 Å². The van der Waals surface area contributed by atoms with E-state index in [2.05, 4.69) is 35.8 Å².